The Labute approximate surface area is 170 Å². The summed E-state index contributed by atoms with van der Waals surface area (Å²) in [5.41, 5.74) is 1.04. The number of sulfonamides is 1. The minimum atomic E-state index is -3.71. The van der Waals surface area contributed by atoms with Crippen molar-refractivity contribution in [2.45, 2.75) is 36.8 Å². The minimum Gasteiger partial charge on any atom is -0.497 e. The summed E-state index contributed by atoms with van der Waals surface area (Å²) in [6.45, 7) is 0.428. The Morgan fingerprint density at radius 1 is 1.28 bits per heavy atom. The van der Waals surface area contributed by atoms with Crippen LogP contribution in [0.15, 0.2) is 52.4 Å². The number of benzene rings is 1. The standard InChI is InChI=1S/C20H24N4O4S/c1-23-13-19(22-14-23)29(25,26)24-9-4-3-8-18(24)20-21-12-17(28-20)11-15-6-5-7-16(10-15)27-2/h5-7,10,12-14,18H,3-4,8-9,11H2,1-2H3/t18-/m1/s1. The summed E-state index contributed by atoms with van der Waals surface area (Å²) in [5, 5.41) is 0.0510. The van der Waals surface area contributed by atoms with Gasteiger partial charge in [-0.1, -0.05) is 18.6 Å². The molecule has 9 heteroatoms. The molecule has 1 aliphatic heterocycles. The summed E-state index contributed by atoms with van der Waals surface area (Å²) in [5.74, 6) is 1.90. The number of ether oxygens (including phenoxy) is 1. The Morgan fingerprint density at radius 3 is 2.90 bits per heavy atom. The molecule has 0 N–H and O–H groups in total. The second kappa shape index (κ2) is 8.00. The fourth-order valence-electron chi connectivity index (χ4n) is 3.62. The third-order valence-corrected chi connectivity index (χ3v) is 6.87. The van der Waals surface area contributed by atoms with Crippen LogP contribution in [-0.4, -0.2) is 40.9 Å². The first-order valence-corrected chi connectivity index (χ1v) is 11.0. The highest BCUT2D eigenvalue weighted by Crippen LogP contribution is 2.35. The fourth-order valence-corrected chi connectivity index (χ4v) is 5.24. The zero-order valence-corrected chi connectivity index (χ0v) is 17.3. The van der Waals surface area contributed by atoms with Crippen molar-refractivity contribution in [2.75, 3.05) is 13.7 Å². The van der Waals surface area contributed by atoms with E-state index in [4.69, 9.17) is 9.15 Å². The molecule has 2 aromatic heterocycles. The maximum absolute atomic E-state index is 13.1. The Balaban J connectivity index is 1.58. The molecule has 1 fully saturated rings. The molecule has 1 aliphatic rings. The van der Waals surface area contributed by atoms with Gasteiger partial charge in [0.05, 0.1) is 19.6 Å². The van der Waals surface area contributed by atoms with Crippen molar-refractivity contribution in [2.24, 2.45) is 7.05 Å². The Morgan fingerprint density at radius 2 is 2.14 bits per heavy atom. The highest BCUT2D eigenvalue weighted by atomic mass is 32.2. The van der Waals surface area contributed by atoms with E-state index in [0.717, 1.165) is 24.2 Å². The van der Waals surface area contributed by atoms with E-state index in [1.54, 1.807) is 24.9 Å². The number of hydrogen-bond donors (Lipinski definition) is 0. The molecular weight excluding hydrogens is 392 g/mol. The van der Waals surface area contributed by atoms with Gasteiger partial charge in [0.2, 0.25) is 5.89 Å². The van der Waals surface area contributed by atoms with E-state index in [9.17, 15) is 8.42 Å². The first-order valence-electron chi connectivity index (χ1n) is 9.55. The number of imidazole rings is 1. The summed E-state index contributed by atoms with van der Waals surface area (Å²) in [6, 6.07) is 7.32. The summed E-state index contributed by atoms with van der Waals surface area (Å²) >= 11 is 0. The summed E-state index contributed by atoms with van der Waals surface area (Å²) in [4.78, 5) is 8.45. The lowest BCUT2D eigenvalue weighted by Gasteiger charge is -2.31. The third-order valence-electron chi connectivity index (χ3n) is 5.08. The molecule has 0 radical (unpaired) electrons. The van der Waals surface area contributed by atoms with E-state index in [2.05, 4.69) is 9.97 Å². The monoisotopic (exact) mass is 416 g/mol. The second-order valence-corrected chi connectivity index (χ2v) is 9.04. The molecule has 0 unspecified atom stereocenters. The van der Waals surface area contributed by atoms with Crippen molar-refractivity contribution in [3.05, 3.63) is 60.2 Å². The van der Waals surface area contributed by atoms with Crippen molar-refractivity contribution in [1.29, 1.82) is 0 Å². The van der Waals surface area contributed by atoms with Crippen LogP contribution in [0, 0.1) is 0 Å². The molecule has 0 aliphatic carbocycles. The average Bonchev–Trinajstić information content (AvgIpc) is 3.37. The van der Waals surface area contributed by atoms with E-state index >= 15 is 0 Å². The Kier molecular flexibility index (Phi) is 5.42. The molecule has 1 saturated heterocycles. The molecule has 29 heavy (non-hydrogen) atoms. The highest BCUT2D eigenvalue weighted by molar-refractivity contribution is 7.89. The molecular formula is C20H24N4O4S. The lowest BCUT2D eigenvalue weighted by atomic mass is 10.1. The first kappa shape index (κ1) is 19.7. The van der Waals surface area contributed by atoms with Crippen molar-refractivity contribution < 1.29 is 17.6 Å². The number of methoxy groups -OCH3 is 1. The Bertz CT molecular complexity index is 1090. The van der Waals surface area contributed by atoms with Gasteiger partial charge >= 0.3 is 0 Å². The van der Waals surface area contributed by atoms with Crippen LogP contribution in [0.25, 0.3) is 0 Å². The highest BCUT2D eigenvalue weighted by Gasteiger charge is 2.38. The van der Waals surface area contributed by atoms with Crippen LogP contribution >= 0.6 is 0 Å². The van der Waals surface area contributed by atoms with Crippen LogP contribution in [0.5, 0.6) is 5.75 Å². The van der Waals surface area contributed by atoms with Gasteiger partial charge in [0.15, 0.2) is 5.03 Å². The van der Waals surface area contributed by atoms with Crippen molar-refractivity contribution in [3.8, 4) is 5.75 Å². The van der Waals surface area contributed by atoms with Crippen LogP contribution in [0.3, 0.4) is 0 Å². The topological polar surface area (TPSA) is 90.5 Å². The zero-order chi connectivity index (χ0) is 20.4. The van der Waals surface area contributed by atoms with Crippen LogP contribution in [0.4, 0.5) is 0 Å². The van der Waals surface area contributed by atoms with Crippen LogP contribution < -0.4 is 4.74 Å². The smallest absolute Gasteiger partial charge is 0.262 e. The van der Waals surface area contributed by atoms with Gasteiger partial charge in [-0.05, 0) is 30.5 Å². The number of aromatic nitrogens is 3. The minimum absolute atomic E-state index is 0.0510. The van der Waals surface area contributed by atoms with Gasteiger partial charge in [-0.15, -0.1) is 0 Å². The van der Waals surface area contributed by atoms with Gasteiger partial charge < -0.3 is 13.7 Å². The molecule has 3 aromatic rings. The van der Waals surface area contributed by atoms with E-state index < -0.39 is 16.1 Å². The lowest BCUT2D eigenvalue weighted by molar-refractivity contribution is 0.216. The molecule has 154 valence electrons. The Hall–Kier alpha value is -2.65. The summed E-state index contributed by atoms with van der Waals surface area (Å²) in [7, 11) is -0.333. The van der Waals surface area contributed by atoms with Gasteiger partial charge in [0.25, 0.3) is 10.0 Å². The molecule has 0 bridgehead atoms. The predicted molar refractivity (Wildman–Crippen MR) is 106 cm³/mol. The quantitative estimate of drug-likeness (QED) is 0.614. The summed E-state index contributed by atoms with van der Waals surface area (Å²) < 4.78 is 40.6. The number of aryl methyl sites for hydroxylation is 1. The van der Waals surface area contributed by atoms with E-state index in [1.807, 2.05) is 24.3 Å². The van der Waals surface area contributed by atoms with Gasteiger partial charge in [-0.25, -0.2) is 18.4 Å². The van der Waals surface area contributed by atoms with Crippen molar-refractivity contribution >= 4 is 10.0 Å². The van der Waals surface area contributed by atoms with Gasteiger partial charge in [0, 0.05) is 26.2 Å². The molecule has 4 rings (SSSR count). The normalized spacial score (nSPS) is 18.1. The molecule has 8 nitrogen and oxygen atoms in total. The SMILES string of the molecule is COc1cccc(Cc2cnc([C@H]3CCCCN3S(=O)(=O)c3cn(C)cn3)o2)c1. The largest absolute Gasteiger partial charge is 0.497 e. The zero-order valence-electron chi connectivity index (χ0n) is 16.5. The van der Waals surface area contributed by atoms with Gasteiger partial charge in [0.1, 0.15) is 17.6 Å². The molecule has 3 heterocycles. The van der Waals surface area contributed by atoms with Crippen LogP contribution in [0.2, 0.25) is 0 Å². The molecule has 0 amide bonds. The maximum atomic E-state index is 13.1. The second-order valence-electron chi connectivity index (χ2n) is 7.20. The van der Waals surface area contributed by atoms with Gasteiger partial charge in [-0.3, -0.25) is 0 Å². The van der Waals surface area contributed by atoms with Gasteiger partial charge in [-0.2, -0.15) is 4.31 Å². The van der Waals surface area contributed by atoms with E-state index in [-0.39, 0.29) is 5.03 Å². The molecule has 0 spiro atoms. The number of oxazole rings is 1. The number of nitrogens with zero attached hydrogens (tertiary/aromatic N) is 4. The number of rotatable bonds is 6. The van der Waals surface area contributed by atoms with Crippen LogP contribution in [-0.2, 0) is 23.5 Å². The molecule has 0 saturated carbocycles. The van der Waals surface area contributed by atoms with Crippen molar-refractivity contribution in [1.82, 2.24) is 18.8 Å². The van der Waals surface area contributed by atoms with Crippen molar-refractivity contribution in [3.63, 3.8) is 0 Å². The van der Waals surface area contributed by atoms with E-state index in [0.29, 0.717) is 31.0 Å². The third kappa shape index (κ3) is 4.06. The summed E-state index contributed by atoms with van der Waals surface area (Å²) in [6.07, 6.45) is 7.64. The number of piperidine rings is 1. The fraction of sp³-hybridized carbons (Fsp3) is 0.400. The molecule has 1 atom stereocenters. The number of hydrogen-bond acceptors (Lipinski definition) is 6. The maximum Gasteiger partial charge on any atom is 0.262 e. The predicted octanol–water partition coefficient (Wildman–Crippen LogP) is 2.92. The average molecular weight is 417 g/mol. The first-order chi connectivity index (χ1) is 14.0. The van der Waals surface area contributed by atoms with Crippen LogP contribution in [0.1, 0.15) is 42.5 Å². The van der Waals surface area contributed by atoms with E-state index in [1.165, 1.54) is 16.8 Å². The molecule has 1 aromatic carbocycles. The lowest BCUT2D eigenvalue weighted by Crippen LogP contribution is -2.38.